The topological polar surface area (TPSA) is 28.7 Å². The standard InChI is InChI=1S/C18H21B.C13H15FN2/c1-2-3-4-11-16-19(17-12-7-5-8-13-17)18-14-9-6-10-15-18;1-3-10-4-11(6-12(14)5-10)7-13-15-8-9(2)16-13/h3-10,12-15H,2,11,16H2,1H3;4-6,8H,3,7H2,1-2H3,(H,15,16). The Bertz CT molecular complexity index is 1130. The van der Waals surface area contributed by atoms with E-state index in [4.69, 9.17) is 0 Å². The number of rotatable bonds is 9. The molecule has 1 aromatic heterocycles. The first-order valence-corrected chi connectivity index (χ1v) is 12.6. The molecular weight excluding hydrogens is 430 g/mol. The number of aryl methyl sites for hydroxylation is 2. The van der Waals surface area contributed by atoms with Gasteiger partial charge in [-0.2, -0.15) is 0 Å². The summed E-state index contributed by atoms with van der Waals surface area (Å²) in [7, 11) is 0. The van der Waals surface area contributed by atoms with E-state index in [-0.39, 0.29) is 5.82 Å². The fourth-order valence-electron chi connectivity index (χ4n) is 4.22. The van der Waals surface area contributed by atoms with Gasteiger partial charge in [0.25, 0.3) is 0 Å². The largest absolute Gasteiger partial charge is 0.346 e. The van der Waals surface area contributed by atoms with Crippen molar-refractivity contribution in [2.45, 2.75) is 52.8 Å². The minimum absolute atomic E-state index is 0.169. The van der Waals surface area contributed by atoms with Gasteiger partial charge in [-0.3, -0.25) is 0 Å². The first kappa shape index (κ1) is 26.2. The number of nitrogens with one attached hydrogen (secondary N) is 1. The molecule has 0 aliphatic heterocycles. The Balaban J connectivity index is 0.000000198. The summed E-state index contributed by atoms with van der Waals surface area (Å²) in [6.45, 7) is 6.67. The highest BCUT2D eigenvalue weighted by atomic mass is 19.1. The second-order valence-corrected chi connectivity index (χ2v) is 8.84. The predicted molar refractivity (Wildman–Crippen MR) is 149 cm³/mol. The molecule has 0 fully saturated rings. The molecule has 0 spiro atoms. The summed E-state index contributed by atoms with van der Waals surface area (Å²) in [4.78, 5) is 7.37. The van der Waals surface area contributed by atoms with Crippen LogP contribution in [0, 0.1) is 12.7 Å². The number of hydrogen-bond donors (Lipinski definition) is 1. The van der Waals surface area contributed by atoms with Gasteiger partial charge in [0.2, 0.25) is 6.71 Å². The molecule has 1 heterocycles. The Morgan fingerprint density at radius 1 is 0.857 bits per heavy atom. The summed E-state index contributed by atoms with van der Waals surface area (Å²) in [5, 5.41) is 0. The quantitative estimate of drug-likeness (QED) is 0.217. The van der Waals surface area contributed by atoms with E-state index < -0.39 is 0 Å². The van der Waals surface area contributed by atoms with Crippen LogP contribution < -0.4 is 10.9 Å². The van der Waals surface area contributed by atoms with Gasteiger partial charge in [0.05, 0.1) is 0 Å². The summed E-state index contributed by atoms with van der Waals surface area (Å²) in [5.41, 5.74) is 5.85. The van der Waals surface area contributed by atoms with Gasteiger partial charge in [-0.05, 0) is 49.4 Å². The van der Waals surface area contributed by atoms with Crippen LogP contribution in [-0.2, 0) is 12.8 Å². The van der Waals surface area contributed by atoms with E-state index in [0.717, 1.165) is 41.9 Å². The molecule has 3 aromatic carbocycles. The molecule has 35 heavy (non-hydrogen) atoms. The van der Waals surface area contributed by atoms with Crippen LogP contribution in [0.1, 0.15) is 49.3 Å². The van der Waals surface area contributed by atoms with E-state index in [1.807, 2.05) is 19.9 Å². The van der Waals surface area contributed by atoms with Gasteiger partial charge in [0.1, 0.15) is 11.6 Å². The molecule has 0 radical (unpaired) electrons. The zero-order valence-electron chi connectivity index (χ0n) is 21.2. The van der Waals surface area contributed by atoms with Crippen LogP contribution in [0.5, 0.6) is 0 Å². The zero-order valence-corrected chi connectivity index (χ0v) is 21.2. The van der Waals surface area contributed by atoms with Gasteiger partial charge < -0.3 is 4.98 Å². The zero-order chi connectivity index (χ0) is 24.9. The van der Waals surface area contributed by atoms with Crippen LogP contribution in [0.25, 0.3) is 0 Å². The lowest BCUT2D eigenvalue weighted by molar-refractivity contribution is 0.623. The molecule has 0 atom stereocenters. The molecule has 0 saturated carbocycles. The van der Waals surface area contributed by atoms with E-state index in [2.05, 4.69) is 89.7 Å². The number of benzene rings is 3. The lowest BCUT2D eigenvalue weighted by atomic mass is 9.38. The van der Waals surface area contributed by atoms with Crippen LogP contribution in [0.2, 0.25) is 6.32 Å². The fourth-order valence-corrected chi connectivity index (χ4v) is 4.22. The summed E-state index contributed by atoms with van der Waals surface area (Å²) in [5.74, 6) is 0.711. The van der Waals surface area contributed by atoms with E-state index in [1.54, 1.807) is 18.3 Å². The average molecular weight is 466 g/mol. The van der Waals surface area contributed by atoms with E-state index >= 15 is 0 Å². The molecule has 0 unspecified atom stereocenters. The van der Waals surface area contributed by atoms with Crippen LogP contribution in [0.3, 0.4) is 0 Å². The summed E-state index contributed by atoms with van der Waals surface area (Å²) in [6.07, 6.45) is 11.3. The molecule has 0 bridgehead atoms. The van der Waals surface area contributed by atoms with Crippen LogP contribution >= 0.6 is 0 Å². The number of aromatic amines is 1. The Morgan fingerprint density at radius 2 is 1.49 bits per heavy atom. The number of allylic oxidation sites excluding steroid dienone is 2. The third-order valence-electron chi connectivity index (χ3n) is 5.98. The minimum atomic E-state index is -0.169. The van der Waals surface area contributed by atoms with Crippen molar-refractivity contribution in [1.29, 1.82) is 0 Å². The molecular formula is C31H36BFN2. The van der Waals surface area contributed by atoms with Gasteiger partial charge in [0, 0.05) is 18.3 Å². The molecule has 2 nitrogen and oxygen atoms in total. The van der Waals surface area contributed by atoms with Crippen molar-refractivity contribution in [3.05, 3.63) is 126 Å². The van der Waals surface area contributed by atoms with E-state index in [9.17, 15) is 4.39 Å². The van der Waals surface area contributed by atoms with Gasteiger partial charge in [-0.1, -0.05) is 110 Å². The molecule has 0 saturated heterocycles. The van der Waals surface area contributed by atoms with Crippen molar-refractivity contribution in [3.8, 4) is 0 Å². The van der Waals surface area contributed by atoms with Gasteiger partial charge in [0.15, 0.2) is 0 Å². The first-order valence-electron chi connectivity index (χ1n) is 12.6. The molecule has 0 aliphatic rings. The summed E-state index contributed by atoms with van der Waals surface area (Å²) in [6, 6.07) is 26.8. The molecule has 1 N–H and O–H groups in total. The number of imidazole rings is 1. The molecule has 180 valence electrons. The SMILES string of the molecule is CCC=CCCB(c1ccccc1)c1ccccc1.CCc1cc(F)cc(Cc2ncc(C)[nH]2)c1. The van der Waals surface area contributed by atoms with E-state index in [1.165, 1.54) is 17.2 Å². The van der Waals surface area contributed by atoms with Gasteiger partial charge in [-0.15, -0.1) is 0 Å². The average Bonchev–Trinajstić information content (AvgIpc) is 3.29. The Morgan fingerprint density at radius 3 is 2.03 bits per heavy atom. The Labute approximate surface area is 210 Å². The Hall–Kier alpha value is -3.40. The smallest absolute Gasteiger partial charge is 0.209 e. The lowest BCUT2D eigenvalue weighted by Gasteiger charge is -2.13. The molecule has 4 rings (SSSR count). The minimum Gasteiger partial charge on any atom is -0.346 e. The summed E-state index contributed by atoms with van der Waals surface area (Å²) >= 11 is 0. The molecule has 4 aromatic rings. The predicted octanol–water partition coefficient (Wildman–Crippen LogP) is 6.66. The van der Waals surface area contributed by atoms with Crippen LogP contribution in [-0.4, -0.2) is 16.7 Å². The second-order valence-electron chi connectivity index (χ2n) is 8.84. The van der Waals surface area contributed by atoms with Crippen molar-refractivity contribution in [1.82, 2.24) is 9.97 Å². The number of halogens is 1. The van der Waals surface area contributed by atoms with Crippen molar-refractivity contribution in [2.24, 2.45) is 0 Å². The maximum Gasteiger partial charge on any atom is 0.209 e. The highest BCUT2D eigenvalue weighted by Crippen LogP contribution is 2.13. The molecule has 0 aliphatic carbocycles. The second kappa shape index (κ2) is 14.1. The molecule has 0 amide bonds. The van der Waals surface area contributed by atoms with Crippen molar-refractivity contribution in [3.63, 3.8) is 0 Å². The molecule has 4 heteroatoms. The Kier molecular flexibility index (Phi) is 10.6. The maximum atomic E-state index is 13.3. The third kappa shape index (κ3) is 8.71. The maximum absolute atomic E-state index is 13.3. The first-order chi connectivity index (χ1) is 17.1. The van der Waals surface area contributed by atoms with Gasteiger partial charge in [-0.25, -0.2) is 9.37 Å². The van der Waals surface area contributed by atoms with Crippen molar-refractivity contribution < 1.29 is 4.39 Å². The third-order valence-corrected chi connectivity index (χ3v) is 5.98. The van der Waals surface area contributed by atoms with Crippen LogP contribution in [0.15, 0.2) is 97.2 Å². The summed E-state index contributed by atoms with van der Waals surface area (Å²) < 4.78 is 13.3. The lowest BCUT2D eigenvalue weighted by Crippen LogP contribution is -2.41. The number of nitrogens with zero attached hydrogens (tertiary/aromatic N) is 1. The number of hydrogen-bond acceptors (Lipinski definition) is 1. The van der Waals surface area contributed by atoms with E-state index in [0.29, 0.717) is 13.1 Å². The monoisotopic (exact) mass is 466 g/mol. The highest BCUT2D eigenvalue weighted by Gasteiger charge is 2.17. The van der Waals surface area contributed by atoms with Crippen molar-refractivity contribution in [2.75, 3.05) is 0 Å². The fraction of sp³-hybridized carbons (Fsp3) is 0.258. The van der Waals surface area contributed by atoms with Gasteiger partial charge >= 0.3 is 0 Å². The number of aromatic nitrogens is 2. The highest BCUT2D eigenvalue weighted by molar-refractivity contribution is 6.85. The normalized spacial score (nSPS) is 10.7. The number of H-pyrrole nitrogens is 1. The van der Waals surface area contributed by atoms with Crippen molar-refractivity contribution >= 4 is 17.6 Å². The van der Waals surface area contributed by atoms with Crippen LogP contribution in [0.4, 0.5) is 4.39 Å².